The van der Waals surface area contributed by atoms with E-state index in [0.717, 1.165) is 30.4 Å². The van der Waals surface area contributed by atoms with Crippen LogP contribution in [0.25, 0.3) is 0 Å². The monoisotopic (exact) mass is 249 g/mol. The molecule has 3 nitrogen and oxygen atoms in total. The summed E-state index contributed by atoms with van der Waals surface area (Å²) in [6, 6.07) is 7.80. The van der Waals surface area contributed by atoms with Crippen LogP contribution in [0.15, 0.2) is 24.3 Å². The molecule has 1 aliphatic heterocycles. The number of piperidine rings is 1. The van der Waals surface area contributed by atoms with Crippen molar-refractivity contribution >= 4 is 0 Å². The van der Waals surface area contributed by atoms with Gasteiger partial charge in [0.15, 0.2) is 0 Å². The summed E-state index contributed by atoms with van der Waals surface area (Å²) in [5, 5.41) is 3.45. The van der Waals surface area contributed by atoms with Crippen LogP contribution in [0.5, 0.6) is 11.5 Å². The number of benzene rings is 1. The van der Waals surface area contributed by atoms with Crippen LogP contribution in [0.1, 0.15) is 25.7 Å². The zero-order valence-electron chi connectivity index (χ0n) is 11.2. The lowest BCUT2D eigenvalue weighted by molar-refractivity contribution is 0.274. The van der Waals surface area contributed by atoms with Gasteiger partial charge in [-0.2, -0.15) is 0 Å². The predicted octanol–water partition coefficient (Wildman–Crippen LogP) is 2.85. The quantitative estimate of drug-likeness (QED) is 0.786. The van der Waals surface area contributed by atoms with Crippen LogP contribution in [-0.4, -0.2) is 26.8 Å². The first kappa shape index (κ1) is 13.2. The third-order valence-electron chi connectivity index (χ3n) is 3.47. The maximum absolute atomic E-state index is 5.74. The Bertz CT molecular complexity index is 348. The first-order valence-corrected chi connectivity index (χ1v) is 6.86. The van der Waals surface area contributed by atoms with Crippen LogP contribution >= 0.6 is 0 Å². The van der Waals surface area contributed by atoms with Crippen molar-refractivity contribution < 1.29 is 9.47 Å². The molecule has 0 saturated carbocycles. The van der Waals surface area contributed by atoms with E-state index >= 15 is 0 Å². The van der Waals surface area contributed by atoms with E-state index in [-0.39, 0.29) is 0 Å². The van der Waals surface area contributed by atoms with Gasteiger partial charge < -0.3 is 14.8 Å². The Labute approximate surface area is 109 Å². The summed E-state index contributed by atoms with van der Waals surface area (Å²) >= 11 is 0. The number of hydrogen-bond donors (Lipinski definition) is 1. The fraction of sp³-hybridized carbons (Fsp3) is 0.600. The molecule has 1 atom stereocenters. The second-order valence-corrected chi connectivity index (χ2v) is 4.88. The molecule has 0 bridgehead atoms. The summed E-state index contributed by atoms with van der Waals surface area (Å²) in [6.45, 7) is 3.17. The van der Waals surface area contributed by atoms with E-state index < -0.39 is 0 Å². The largest absolute Gasteiger partial charge is 0.497 e. The third kappa shape index (κ3) is 4.22. The topological polar surface area (TPSA) is 30.5 Å². The number of ether oxygens (including phenoxy) is 2. The Balaban J connectivity index is 1.65. The number of nitrogens with one attached hydrogen (secondary N) is 1. The highest BCUT2D eigenvalue weighted by Crippen LogP contribution is 2.20. The van der Waals surface area contributed by atoms with Crippen molar-refractivity contribution in [3.05, 3.63) is 24.3 Å². The van der Waals surface area contributed by atoms with Gasteiger partial charge in [0.1, 0.15) is 11.5 Å². The molecule has 2 rings (SSSR count). The molecule has 18 heavy (non-hydrogen) atoms. The summed E-state index contributed by atoms with van der Waals surface area (Å²) in [4.78, 5) is 0. The molecule has 1 aromatic rings. The molecule has 1 N–H and O–H groups in total. The summed E-state index contributed by atoms with van der Waals surface area (Å²) in [7, 11) is 1.68. The summed E-state index contributed by atoms with van der Waals surface area (Å²) in [6.07, 6.45) is 5.08. The minimum Gasteiger partial charge on any atom is -0.497 e. The molecule has 1 aliphatic rings. The molecule has 1 heterocycles. The molecule has 0 aliphatic carbocycles. The zero-order chi connectivity index (χ0) is 12.6. The third-order valence-corrected chi connectivity index (χ3v) is 3.47. The van der Waals surface area contributed by atoms with Crippen molar-refractivity contribution in [3.8, 4) is 11.5 Å². The normalized spacial score (nSPS) is 19.5. The summed E-state index contributed by atoms with van der Waals surface area (Å²) < 4.78 is 10.9. The SMILES string of the molecule is COc1cccc(OCCCC2CCCNC2)c1. The van der Waals surface area contributed by atoms with Gasteiger partial charge in [0.25, 0.3) is 0 Å². The lowest BCUT2D eigenvalue weighted by atomic mass is 9.95. The van der Waals surface area contributed by atoms with E-state index in [1.807, 2.05) is 24.3 Å². The second-order valence-electron chi connectivity index (χ2n) is 4.88. The Morgan fingerprint density at radius 2 is 2.22 bits per heavy atom. The van der Waals surface area contributed by atoms with Gasteiger partial charge in [-0.05, 0) is 56.8 Å². The van der Waals surface area contributed by atoms with E-state index in [9.17, 15) is 0 Å². The highest BCUT2D eigenvalue weighted by Gasteiger charge is 2.12. The first-order valence-electron chi connectivity index (χ1n) is 6.86. The van der Waals surface area contributed by atoms with Crippen molar-refractivity contribution in [3.63, 3.8) is 0 Å². The van der Waals surface area contributed by atoms with Gasteiger partial charge in [-0.15, -0.1) is 0 Å². The Hall–Kier alpha value is -1.22. The van der Waals surface area contributed by atoms with E-state index in [0.29, 0.717) is 0 Å². The van der Waals surface area contributed by atoms with Crippen molar-refractivity contribution in [1.82, 2.24) is 5.32 Å². The molecule has 0 aromatic heterocycles. The van der Waals surface area contributed by atoms with Crippen LogP contribution in [0.4, 0.5) is 0 Å². The average molecular weight is 249 g/mol. The van der Waals surface area contributed by atoms with Crippen molar-refractivity contribution in [1.29, 1.82) is 0 Å². The minimum atomic E-state index is 0.795. The molecule has 3 heteroatoms. The van der Waals surface area contributed by atoms with Gasteiger partial charge in [-0.25, -0.2) is 0 Å². The van der Waals surface area contributed by atoms with Crippen molar-refractivity contribution in [2.75, 3.05) is 26.8 Å². The van der Waals surface area contributed by atoms with Gasteiger partial charge in [-0.1, -0.05) is 6.07 Å². The Kier molecular flexibility index (Phi) is 5.34. The second kappa shape index (κ2) is 7.27. The lowest BCUT2D eigenvalue weighted by Gasteiger charge is -2.22. The van der Waals surface area contributed by atoms with Crippen LogP contribution in [0, 0.1) is 5.92 Å². The first-order chi connectivity index (χ1) is 8.88. The Morgan fingerprint density at radius 3 is 3.00 bits per heavy atom. The van der Waals surface area contributed by atoms with E-state index in [2.05, 4.69) is 5.32 Å². The molecule has 1 unspecified atom stereocenters. The average Bonchev–Trinajstić information content (AvgIpc) is 2.45. The molecule has 1 aromatic carbocycles. The highest BCUT2D eigenvalue weighted by molar-refractivity contribution is 5.32. The van der Waals surface area contributed by atoms with E-state index in [1.165, 1.54) is 32.4 Å². The summed E-state index contributed by atoms with van der Waals surface area (Å²) in [5.41, 5.74) is 0. The molecule has 100 valence electrons. The van der Waals surface area contributed by atoms with Gasteiger partial charge in [0.2, 0.25) is 0 Å². The highest BCUT2D eigenvalue weighted by atomic mass is 16.5. The van der Waals surface area contributed by atoms with E-state index in [4.69, 9.17) is 9.47 Å². The van der Waals surface area contributed by atoms with Gasteiger partial charge in [-0.3, -0.25) is 0 Å². The molecule has 1 fully saturated rings. The maximum Gasteiger partial charge on any atom is 0.122 e. The van der Waals surface area contributed by atoms with E-state index in [1.54, 1.807) is 7.11 Å². The molecule has 0 radical (unpaired) electrons. The van der Waals surface area contributed by atoms with Crippen molar-refractivity contribution in [2.45, 2.75) is 25.7 Å². The Morgan fingerprint density at radius 1 is 1.33 bits per heavy atom. The van der Waals surface area contributed by atoms with Gasteiger partial charge in [0.05, 0.1) is 13.7 Å². The van der Waals surface area contributed by atoms with Crippen LogP contribution in [0.3, 0.4) is 0 Å². The maximum atomic E-state index is 5.74. The predicted molar refractivity (Wildman–Crippen MR) is 73.3 cm³/mol. The minimum absolute atomic E-state index is 0.795. The zero-order valence-corrected chi connectivity index (χ0v) is 11.2. The fourth-order valence-corrected chi connectivity index (χ4v) is 2.42. The molecular formula is C15H23NO2. The van der Waals surface area contributed by atoms with Crippen molar-refractivity contribution in [2.24, 2.45) is 5.92 Å². The van der Waals surface area contributed by atoms with Gasteiger partial charge in [0, 0.05) is 6.07 Å². The number of methoxy groups -OCH3 is 1. The molecule has 0 amide bonds. The molecule has 0 spiro atoms. The smallest absolute Gasteiger partial charge is 0.122 e. The molecule has 1 saturated heterocycles. The van der Waals surface area contributed by atoms with Crippen LogP contribution in [0.2, 0.25) is 0 Å². The fourth-order valence-electron chi connectivity index (χ4n) is 2.42. The number of rotatable bonds is 6. The lowest BCUT2D eigenvalue weighted by Crippen LogP contribution is -2.29. The summed E-state index contributed by atoms with van der Waals surface area (Å²) in [5.74, 6) is 2.59. The molecular weight excluding hydrogens is 226 g/mol. The standard InChI is InChI=1S/C15H23NO2/c1-17-14-7-2-8-15(11-14)18-10-4-6-13-5-3-9-16-12-13/h2,7-8,11,13,16H,3-6,9-10,12H2,1H3. The van der Waals surface area contributed by atoms with Gasteiger partial charge >= 0.3 is 0 Å². The van der Waals surface area contributed by atoms with Crippen LogP contribution < -0.4 is 14.8 Å². The number of hydrogen-bond acceptors (Lipinski definition) is 3. The van der Waals surface area contributed by atoms with Crippen LogP contribution in [-0.2, 0) is 0 Å².